The molecule has 1 amide bonds. The summed E-state index contributed by atoms with van der Waals surface area (Å²) in [5, 5.41) is 8.37. The van der Waals surface area contributed by atoms with Gasteiger partial charge in [-0.15, -0.1) is 0 Å². The second-order valence-electron chi connectivity index (χ2n) is 5.17. The van der Waals surface area contributed by atoms with Crippen LogP contribution in [0.15, 0.2) is 0 Å². The van der Waals surface area contributed by atoms with Gasteiger partial charge >= 0.3 is 0 Å². The molecule has 1 saturated heterocycles. The summed E-state index contributed by atoms with van der Waals surface area (Å²) < 4.78 is 0. The predicted molar refractivity (Wildman–Crippen MR) is 66.9 cm³/mol. The standard InChI is InChI=1S/C12H25N3O2/c1-11(2)10-15-8-6-14(7-9-15)5-3-4-12(16)13-17/h11,17H,3-10H2,1-2H3,(H,13,16). The van der Waals surface area contributed by atoms with Gasteiger partial charge in [0.05, 0.1) is 0 Å². The van der Waals surface area contributed by atoms with Gasteiger partial charge in [-0.2, -0.15) is 0 Å². The minimum atomic E-state index is -0.288. The number of amides is 1. The molecule has 0 aromatic heterocycles. The van der Waals surface area contributed by atoms with Crippen molar-refractivity contribution in [1.82, 2.24) is 15.3 Å². The van der Waals surface area contributed by atoms with E-state index in [4.69, 9.17) is 5.21 Å². The minimum Gasteiger partial charge on any atom is -0.301 e. The maximum Gasteiger partial charge on any atom is 0.243 e. The van der Waals surface area contributed by atoms with E-state index in [0.717, 1.165) is 45.1 Å². The SMILES string of the molecule is CC(C)CN1CCN(CCCC(=O)NO)CC1. The second kappa shape index (κ2) is 7.63. The summed E-state index contributed by atoms with van der Waals surface area (Å²) in [6.45, 7) is 11.1. The van der Waals surface area contributed by atoms with E-state index in [1.807, 2.05) is 0 Å². The zero-order valence-electron chi connectivity index (χ0n) is 11.0. The lowest BCUT2D eigenvalue weighted by Gasteiger charge is -2.35. The molecule has 0 unspecified atom stereocenters. The molecule has 0 aliphatic carbocycles. The van der Waals surface area contributed by atoms with Crippen molar-refractivity contribution in [2.24, 2.45) is 5.92 Å². The first kappa shape index (κ1) is 14.4. The summed E-state index contributed by atoms with van der Waals surface area (Å²) >= 11 is 0. The van der Waals surface area contributed by atoms with Crippen LogP contribution in [-0.4, -0.2) is 60.2 Å². The summed E-state index contributed by atoms with van der Waals surface area (Å²) in [6.07, 6.45) is 1.22. The van der Waals surface area contributed by atoms with Gasteiger partial charge in [-0.3, -0.25) is 10.0 Å². The van der Waals surface area contributed by atoms with Crippen LogP contribution in [0.2, 0.25) is 0 Å². The zero-order valence-corrected chi connectivity index (χ0v) is 11.0. The lowest BCUT2D eigenvalue weighted by atomic mass is 10.2. The third-order valence-corrected chi connectivity index (χ3v) is 3.09. The molecule has 1 aliphatic rings. The van der Waals surface area contributed by atoms with Crippen molar-refractivity contribution in [2.75, 3.05) is 39.3 Å². The number of rotatable bonds is 6. The van der Waals surface area contributed by atoms with Crippen molar-refractivity contribution in [1.29, 1.82) is 0 Å². The van der Waals surface area contributed by atoms with E-state index in [9.17, 15) is 4.79 Å². The average molecular weight is 243 g/mol. The highest BCUT2D eigenvalue weighted by atomic mass is 16.5. The molecule has 1 rings (SSSR count). The Kier molecular flexibility index (Phi) is 6.47. The molecule has 0 bridgehead atoms. The molecule has 0 saturated carbocycles. The number of nitrogens with zero attached hydrogens (tertiary/aromatic N) is 2. The van der Waals surface area contributed by atoms with Crippen LogP contribution in [0.5, 0.6) is 0 Å². The van der Waals surface area contributed by atoms with Crippen LogP contribution in [0.1, 0.15) is 26.7 Å². The van der Waals surface area contributed by atoms with Gasteiger partial charge in [0.25, 0.3) is 0 Å². The van der Waals surface area contributed by atoms with Crippen molar-refractivity contribution >= 4 is 5.91 Å². The molecular formula is C12H25N3O2. The Hall–Kier alpha value is -0.650. The molecule has 5 heteroatoms. The molecule has 1 aliphatic heterocycles. The topological polar surface area (TPSA) is 55.8 Å². The molecule has 100 valence electrons. The zero-order chi connectivity index (χ0) is 12.7. The van der Waals surface area contributed by atoms with Crippen LogP contribution in [0.3, 0.4) is 0 Å². The fourth-order valence-corrected chi connectivity index (χ4v) is 2.23. The number of piperazine rings is 1. The Morgan fingerprint density at radius 3 is 2.35 bits per heavy atom. The fraction of sp³-hybridized carbons (Fsp3) is 0.917. The molecular weight excluding hydrogens is 218 g/mol. The normalized spacial score (nSPS) is 18.6. The Bertz CT molecular complexity index is 226. The van der Waals surface area contributed by atoms with Crippen LogP contribution >= 0.6 is 0 Å². The van der Waals surface area contributed by atoms with E-state index in [-0.39, 0.29) is 5.91 Å². The lowest BCUT2D eigenvalue weighted by Crippen LogP contribution is -2.47. The molecule has 1 fully saturated rings. The van der Waals surface area contributed by atoms with Crippen LogP contribution in [0, 0.1) is 5.92 Å². The highest BCUT2D eigenvalue weighted by molar-refractivity contribution is 5.74. The Labute approximate surface area is 104 Å². The quantitative estimate of drug-likeness (QED) is 0.528. The molecule has 0 spiro atoms. The van der Waals surface area contributed by atoms with Crippen molar-refractivity contribution in [2.45, 2.75) is 26.7 Å². The van der Waals surface area contributed by atoms with Gasteiger partial charge in [0, 0.05) is 39.1 Å². The van der Waals surface area contributed by atoms with Crippen molar-refractivity contribution in [3.05, 3.63) is 0 Å². The largest absolute Gasteiger partial charge is 0.301 e. The first-order chi connectivity index (χ1) is 8.11. The number of hydrogen-bond donors (Lipinski definition) is 2. The number of carbonyl (C=O) groups excluding carboxylic acids is 1. The summed E-state index contributed by atoms with van der Waals surface area (Å²) in [5.41, 5.74) is 1.67. The highest BCUT2D eigenvalue weighted by Crippen LogP contribution is 2.06. The predicted octanol–water partition coefficient (Wildman–Crippen LogP) is 0.546. The summed E-state index contributed by atoms with van der Waals surface area (Å²) in [4.78, 5) is 15.7. The van der Waals surface area contributed by atoms with Crippen LogP contribution < -0.4 is 5.48 Å². The van der Waals surface area contributed by atoms with Crippen LogP contribution in [0.4, 0.5) is 0 Å². The molecule has 0 aromatic carbocycles. The third kappa shape index (κ3) is 6.00. The number of nitrogens with one attached hydrogen (secondary N) is 1. The van der Waals surface area contributed by atoms with Gasteiger partial charge in [0.15, 0.2) is 0 Å². The monoisotopic (exact) mass is 243 g/mol. The lowest BCUT2D eigenvalue weighted by molar-refractivity contribution is -0.129. The summed E-state index contributed by atoms with van der Waals surface area (Å²) in [7, 11) is 0. The van der Waals surface area contributed by atoms with Gasteiger partial charge in [-0.05, 0) is 18.9 Å². The molecule has 0 radical (unpaired) electrons. The van der Waals surface area contributed by atoms with Gasteiger partial charge in [-0.1, -0.05) is 13.8 Å². The van der Waals surface area contributed by atoms with Gasteiger partial charge in [0.1, 0.15) is 0 Å². The Morgan fingerprint density at radius 1 is 1.24 bits per heavy atom. The number of hydroxylamine groups is 1. The highest BCUT2D eigenvalue weighted by Gasteiger charge is 2.16. The Balaban J connectivity index is 2.08. The number of carbonyl (C=O) groups is 1. The molecule has 0 aromatic rings. The van der Waals surface area contributed by atoms with E-state index in [2.05, 4.69) is 23.6 Å². The second-order valence-corrected chi connectivity index (χ2v) is 5.17. The van der Waals surface area contributed by atoms with Gasteiger partial charge in [0.2, 0.25) is 5.91 Å². The molecule has 2 N–H and O–H groups in total. The van der Waals surface area contributed by atoms with E-state index >= 15 is 0 Å². The van der Waals surface area contributed by atoms with E-state index in [1.54, 1.807) is 5.48 Å². The third-order valence-electron chi connectivity index (χ3n) is 3.09. The molecule has 5 nitrogen and oxygen atoms in total. The van der Waals surface area contributed by atoms with Crippen molar-refractivity contribution in [3.8, 4) is 0 Å². The maximum atomic E-state index is 10.8. The van der Waals surface area contributed by atoms with Crippen LogP contribution in [0.25, 0.3) is 0 Å². The van der Waals surface area contributed by atoms with E-state index in [1.165, 1.54) is 6.54 Å². The fourth-order valence-electron chi connectivity index (χ4n) is 2.23. The molecule has 0 atom stereocenters. The van der Waals surface area contributed by atoms with E-state index < -0.39 is 0 Å². The molecule has 17 heavy (non-hydrogen) atoms. The average Bonchev–Trinajstić information content (AvgIpc) is 2.30. The van der Waals surface area contributed by atoms with Gasteiger partial charge in [-0.25, -0.2) is 5.48 Å². The number of hydrogen-bond acceptors (Lipinski definition) is 4. The first-order valence-electron chi connectivity index (χ1n) is 6.49. The first-order valence-corrected chi connectivity index (χ1v) is 6.49. The molecule has 1 heterocycles. The van der Waals surface area contributed by atoms with E-state index in [0.29, 0.717) is 6.42 Å². The summed E-state index contributed by atoms with van der Waals surface area (Å²) in [5.74, 6) is 0.443. The maximum absolute atomic E-state index is 10.8. The Morgan fingerprint density at radius 2 is 1.82 bits per heavy atom. The van der Waals surface area contributed by atoms with Gasteiger partial charge < -0.3 is 9.80 Å². The van der Waals surface area contributed by atoms with Crippen LogP contribution in [-0.2, 0) is 4.79 Å². The van der Waals surface area contributed by atoms with Crippen molar-refractivity contribution in [3.63, 3.8) is 0 Å². The summed E-state index contributed by atoms with van der Waals surface area (Å²) in [6, 6.07) is 0. The minimum absolute atomic E-state index is 0.288. The van der Waals surface area contributed by atoms with Crippen molar-refractivity contribution < 1.29 is 10.0 Å². The smallest absolute Gasteiger partial charge is 0.243 e.